The quantitative estimate of drug-likeness (QED) is 0.631. The minimum atomic E-state index is -0.504. The van der Waals surface area contributed by atoms with E-state index in [1.165, 1.54) is 0 Å². The average molecular weight is 365 g/mol. The van der Waals surface area contributed by atoms with Crippen LogP contribution in [-0.2, 0) is 11.2 Å². The number of nitrogens with zero attached hydrogens (tertiary/aromatic N) is 1. The number of carbonyl (C=O) groups excluding carboxylic acids is 1. The molecule has 1 aromatic heterocycles. The van der Waals surface area contributed by atoms with Gasteiger partial charge in [-0.1, -0.05) is 37.3 Å². The van der Waals surface area contributed by atoms with Crippen molar-refractivity contribution in [2.75, 3.05) is 11.9 Å². The van der Waals surface area contributed by atoms with Crippen molar-refractivity contribution in [3.63, 3.8) is 0 Å². The van der Waals surface area contributed by atoms with E-state index in [1.54, 1.807) is 12.1 Å². The Morgan fingerprint density at radius 3 is 2.52 bits per heavy atom. The summed E-state index contributed by atoms with van der Waals surface area (Å²) >= 11 is 0. The maximum absolute atomic E-state index is 10.8. The molecule has 2 aromatic carbocycles. The van der Waals surface area contributed by atoms with Gasteiger partial charge >= 0.3 is 0 Å². The van der Waals surface area contributed by atoms with Crippen molar-refractivity contribution >= 4 is 11.6 Å². The van der Waals surface area contributed by atoms with E-state index in [0.717, 1.165) is 29.1 Å². The summed E-state index contributed by atoms with van der Waals surface area (Å²) in [6.45, 7) is 3.93. The Morgan fingerprint density at radius 1 is 1.19 bits per heavy atom. The van der Waals surface area contributed by atoms with Crippen LogP contribution in [-0.4, -0.2) is 17.5 Å². The van der Waals surface area contributed by atoms with Gasteiger partial charge in [-0.25, -0.2) is 4.98 Å². The van der Waals surface area contributed by atoms with Gasteiger partial charge in [0.1, 0.15) is 11.8 Å². The van der Waals surface area contributed by atoms with Crippen LogP contribution in [0.2, 0.25) is 0 Å². The van der Waals surface area contributed by atoms with Crippen LogP contribution < -0.4 is 15.8 Å². The zero-order chi connectivity index (χ0) is 19.2. The lowest BCUT2D eigenvalue weighted by atomic mass is 10.1. The third kappa shape index (κ3) is 4.67. The van der Waals surface area contributed by atoms with E-state index in [1.807, 2.05) is 49.4 Å². The Kier molecular flexibility index (Phi) is 5.76. The number of aryl methyl sites for hydroxylation is 1. The van der Waals surface area contributed by atoms with Gasteiger partial charge in [-0.15, -0.1) is 0 Å². The fraction of sp³-hybridized carbons (Fsp3) is 0.238. The van der Waals surface area contributed by atoms with E-state index >= 15 is 0 Å². The summed E-state index contributed by atoms with van der Waals surface area (Å²) in [4.78, 5) is 15.4. The van der Waals surface area contributed by atoms with Crippen LogP contribution >= 0.6 is 0 Å². The molecule has 0 aliphatic heterocycles. The Bertz CT molecular complexity index is 889. The summed E-state index contributed by atoms with van der Waals surface area (Å²) in [7, 11) is 0. The molecule has 0 aliphatic carbocycles. The standard InChI is InChI=1S/C21H23N3O3/c1-3-18-20(15-7-5-4-6-8-15)27-21(24-18)14(2)23-16-9-11-17(12-10-16)26-13-19(22)25/h4-12,14,23H,3,13H2,1-2H3,(H2,22,25)/t14-/m0/s1. The molecule has 0 bridgehead atoms. The Morgan fingerprint density at radius 2 is 1.89 bits per heavy atom. The van der Waals surface area contributed by atoms with Gasteiger partial charge in [0, 0.05) is 11.3 Å². The molecule has 3 N–H and O–H groups in total. The molecule has 0 spiro atoms. The van der Waals surface area contributed by atoms with Crippen LogP contribution in [0.5, 0.6) is 5.75 Å². The van der Waals surface area contributed by atoms with Crippen LogP contribution in [0, 0.1) is 0 Å². The van der Waals surface area contributed by atoms with E-state index in [-0.39, 0.29) is 12.6 Å². The highest BCUT2D eigenvalue weighted by atomic mass is 16.5. The summed E-state index contributed by atoms with van der Waals surface area (Å²) in [5.41, 5.74) is 7.94. The van der Waals surface area contributed by atoms with Gasteiger partial charge in [0.05, 0.1) is 5.69 Å². The molecule has 0 saturated carbocycles. The van der Waals surface area contributed by atoms with Crippen molar-refractivity contribution in [3.8, 4) is 17.1 Å². The highest BCUT2D eigenvalue weighted by Crippen LogP contribution is 2.29. The number of benzene rings is 2. The van der Waals surface area contributed by atoms with Gasteiger partial charge in [-0.2, -0.15) is 0 Å². The molecule has 1 heterocycles. The van der Waals surface area contributed by atoms with Gasteiger partial charge in [0.2, 0.25) is 5.89 Å². The van der Waals surface area contributed by atoms with E-state index in [4.69, 9.17) is 14.9 Å². The molecule has 1 atom stereocenters. The zero-order valence-electron chi connectivity index (χ0n) is 15.4. The number of oxazole rings is 1. The normalized spacial score (nSPS) is 11.8. The number of hydrogen-bond donors (Lipinski definition) is 2. The van der Waals surface area contributed by atoms with Crippen LogP contribution in [0.1, 0.15) is 31.5 Å². The van der Waals surface area contributed by atoms with Crippen molar-refractivity contribution in [1.29, 1.82) is 0 Å². The lowest BCUT2D eigenvalue weighted by Gasteiger charge is -2.12. The van der Waals surface area contributed by atoms with Gasteiger partial charge in [-0.3, -0.25) is 4.79 Å². The number of rotatable bonds is 8. The summed E-state index contributed by atoms with van der Waals surface area (Å²) in [6, 6.07) is 17.2. The van der Waals surface area contributed by atoms with Crippen molar-refractivity contribution in [3.05, 3.63) is 66.2 Å². The Balaban J connectivity index is 1.72. The molecule has 3 rings (SSSR count). The molecule has 140 valence electrons. The molecule has 3 aromatic rings. The van der Waals surface area contributed by atoms with E-state index in [9.17, 15) is 4.79 Å². The second-order valence-electron chi connectivity index (χ2n) is 6.19. The second-order valence-corrected chi connectivity index (χ2v) is 6.19. The summed E-state index contributed by atoms with van der Waals surface area (Å²) in [5.74, 6) is 1.54. The Labute approximate surface area is 158 Å². The van der Waals surface area contributed by atoms with E-state index in [0.29, 0.717) is 11.6 Å². The number of anilines is 1. The van der Waals surface area contributed by atoms with Crippen molar-refractivity contribution in [2.45, 2.75) is 26.3 Å². The van der Waals surface area contributed by atoms with Gasteiger partial charge in [0.15, 0.2) is 12.4 Å². The number of hydrogen-bond acceptors (Lipinski definition) is 5. The number of primary amides is 1. The molecular weight excluding hydrogens is 342 g/mol. The SMILES string of the molecule is CCc1nc([C@H](C)Nc2ccc(OCC(N)=O)cc2)oc1-c1ccccc1. The highest BCUT2D eigenvalue weighted by Gasteiger charge is 2.18. The molecule has 6 heteroatoms. The van der Waals surface area contributed by atoms with Crippen LogP contribution in [0.25, 0.3) is 11.3 Å². The first-order valence-corrected chi connectivity index (χ1v) is 8.89. The summed E-state index contributed by atoms with van der Waals surface area (Å²) in [5, 5.41) is 3.36. The average Bonchev–Trinajstić information content (AvgIpc) is 3.13. The van der Waals surface area contributed by atoms with Crippen molar-refractivity contribution < 1.29 is 13.9 Å². The van der Waals surface area contributed by atoms with Crippen LogP contribution in [0.3, 0.4) is 0 Å². The van der Waals surface area contributed by atoms with Crippen LogP contribution in [0.15, 0.2) is 59.0 Å². The maximum Gasteiger partial charge on any atom is 0.255 e. The summed E-state index contributed by atoms with van der Waals surface area (Å²) < 4.78 is 11.3. The number of amides is 1. The molecule has 0 aliphatic rings. The maximum atomic E-state index is 10.8. The largest absolute Gasteiger partial charge is 0.484 e. The number of ether oxygens (including phenoxy) is 1. The monoisotopic (exact) mass is 365 g/mol. The first kappa shape index (κ1) is 18.5. The first-order chi connectivity index (χ1) is 13.1. The van der Waals surface area contributed by atoms with Crippen LogP contribution in [0.4, 0.5) is 5.69 Å². The molecular formula is C21H23N3O3. The minimum absolute atomic E-state index is 0.106. The first-order valence-electron chi connectivity index (χ1n) is 8.89. The predicted octanol–water partition coefficient (Wildman–Crippen LogP) is 3.94. The fourth-order valence-corrected chi connectivity index (χ4v) is 2.72. The topological polar surface area (TPSA) is 90.4 Å². The third-order valence-electron chi connectivity index (χ3n) is 4.07. The lowest BCUT2D eigenvalue weighted by molar-refractivity contribution is -0.119. The number of carbonyl (C=O) groups is 1. The molecule has 0 fully saturated rings. The molecule has 1 amide bonds. The molecule has 0 radical (unpaired) electrons. The fourth-order valence-electron chi connectivity index (χ4n) is 2.72. The smallest absolute Gasteiger partial charge is 0.255 e. The van der Waals surface area contributed by atoms with E-state index in [2.05, 4.69) is 17.2 Å². The van der Waals surface area contributed by atoms with Gasteiger partial charge in [-0.05, 0) is 37.6 Å². The number of nitrogens with one attached hydrogen (secondary N) is 1. The molecule has 27 heavy (non-hydrogen) atoms. The number of aromatic nitrogens is 1. The lowest BCUT2D eigenvalue weighted by Crippen LogP contribution is -2.19. The Hall–Kier alpha value is -3.28. The molecule has 0 unspecified atom stereocenters. The van der Waals surface area contributed by atoms with Crippen molar-refractivity contribution in [1.82, 2.24) is 4.98 Å². The minimum Gasteiger partial charge on any atom is -0.484 e. The zero-order valence-corrected chi connectivity index (χ0v) is 15.4. The molecule has 6 nitrogen and oxygen atoms in total. The van der Waals surface area contributed by atoms with Gasteiger partial charge < -0.3 is 20.2 Å². The number of nitrogens with two attached hydrogens (primary N) is 1. The third-order valence-corrected chi connectivity index (χ3v) is 4.07. The predicted molar refractivity (Wildman–Crippen MR) is 104 cm³/mol. The highest BCUT2D eigenvalue weighted by molar-refractivity contribution is 5.75. The van der Waals surface area contributed by atoms with E-state index < -0.39 is 5.91 Å². The van der Waals surface area contributed by atoms with Crippen molar-refractivity contribution in [2.24, 2.45) is 5.73 Å². The second kappa shape index (κ2) is 8.40. The molecule has 0 saturated heterocycles. The summed E-state index contributed by atoms with van der Waals surface area (Å²) in [6.07, 6.45) is 0.798. The van der Waals surface area contributed by atoms with Gasteiger partial charge in [0.25, 0.3) is 5.91 Å².